The highest BCUT2D eigenvalue weighted by Crippen LogP contribution is 2.17. The second-order valence-corrected chi connectivity index (χ2v) is 3.94. The Kier molecular flexibility index (Phi) is 5.38. The number of hydrogen-bond acceptors (Lipinski definition) is 6. The van der Waals surface area contributed by atoms with E-state index in [1.807, 2.05) is 0 Å². The smallest absolute Gasteiger partial charge is 0.157 e. The Balaban J connectivity index is 2.62. The molecule has 1 aromatic heterocycles. The van der Waals surface area contributed by atoms with Gasteiger partial charge in [-0.1, -0.05) is 0 Å². The number of hydrogen-bond donors (Lipinski definition) is 1. The van der Waals surface area contributed by atoms with Gasteiger partial charge in [0.1, 0.15) is 17.5 Å². The zero-order valence-electron chi connectivity index (χ0n) is 8.90. The summed E-state index contributed by atoms with van der Waals surface area (Å²) in [5.41, 5.74) is 5.64. The van der Waals surface area contributed by atoms with Crippen LogP contribution in [0.15, 0.2) is 11.1 Å². The number of anilines is 1. The predicted molar refractivity (Wildman–Crippen MR) is 59.8 cm³/mol. The van der Waals surface area contributed by atoms with Gasteiger partial charge in [0.25, 0.3) is 0 Å². The van der Waals surface area contributed by atoms with Crippen molar-refractivity contribution in [2.75, 3.05) is 32.3 Å². The number of aromatic nitrogens is 2. The lowest BCUT2D eigenvalue weighted by atomic mass is 10.5. The van der Waals surface area contributed by atoms with Crippen molar-refractivity contribution in [3.63, 3.8) is 0 Å². The first-order valence-corrected chi connectivity index (χ1v) is 5.49. The Labute approximate surface area is 93.4 Å². The van der Waals surface area contributed by atoms with Crippen molar-refractivity contribution < 1.29 is 9.47 Å². The fourth-order valence-corrected chi connectivity index (χ4v) is 1.82. The molecule has 0 aromatic carbocycles. The normalized spacial score (nSPS) is 10.5. The molecule has 0 aliphatic rings. The zero-order valence-corrected chi connectivity index (χ0v) is 9.71. The number of nitrogens with zero attached hydrogens (tertiary/aromatic N) is 2. The molecule has 2 N–H and O–H groups in total. The van der Waals surface area contributed by atoms with E-state index < -0.39 is 0 Å². The van der Waals surface area contributed by atoms with E-state index in [1.165, 1.54) is 0 Å². The van der Waals surface area contributed by atoms with E-state index in [0.717, 1.165) is 10.8 Å². The molecule has 5 nitrogen and oxygen atoms in total. The Hall–Kier alpha value is -0.850. The van der Waals surface area contributed by atoms with E-state index in [2.05, 4.69) is 9.97 Å². The van der Waals surface area contributed by atoms with Gasteiger partial charge in [-0.25, -0.2) is 9.97 Å². The summed E-state index contributed by atoms with van der Waals surface area (Å²) in [7, 11) is 3.27. The maximum absolute atomic E-state index is 5.64. The fourth-order valence-electron chi connectivity index (χ4n) is 0.989. The summed E-state index contributed by atoms with van der Waals surface area (Å²) in [6.45, 7) is 1.07. The summed E-state index contributed by atoms with van der Waals surface area (Å²) in [5.74, 6) is 1.92. The quantitative estimate of drug-likeness (QED) is 0.445. The Bertz CT molecular complexity index is 309. The van der Waals surface area contributed by atoms with Crippen LogP contribution in [0.3, 0.4) is 0 Å². The first-order valence-electron chi connectivity index (χ1n) is 4.50. The molecule has 1 heterocycles. The van der Waals surface area contributed by atoms with Crippen LogP contribution in [0, 0.1) is 0 Å². The molecular weight excluding hydrogens is 214 g/mol. The van der Waals surface area contributed by atoms with Gasteiger partial charge in [0.05, 0.1) is 6.61 Å². The van der Waals surface area contributed by atoms with Crippen molar-refractivity contribution in [2.24, 2.45) is 0 Å². The topological polar surface area (TPSA) is 70.3 Å². The summed E-state index contributed by atoms with van der Waals surface area (Å²) in [6.07, 6.45) is 0. The average Bonchev–Trinajstić information content (AvgIpc) is 2.18. The maximum atomic E-state index is 5.64. The van der Waals surface area contributed by atoms with E-state index in [0.29, 0.717) is 24.9 Å². The standard InChI is InChI=1S/C9H15N3O2S/c1-13-3-4-15-9-5-7(10)11-8(12-9)6-14-2/h5H,3-4,6H2,1-2H3,(H2,10,11,12). The molecule has 1 aromatic rings. The largest absolute Gasteiger partial charge is 0.384 e. The molecule has 6 heteroatoms. The van der Waals surface area contributed by atoms with Gasteiger partial charge >= 0.3 is 0 Å². The molecule has 0 aliphatic heterocycles. The fraction of sp³-hybridized carbons (Fsp3) is 0.556. The zero-order chi connectivity index (χ0) is 11.1. The third kappa shape index (κ3) is 4.46. The van der Waals surface area contributed by atoms with Gasteiger partial charge in [-0.3, -0.25) is 0 Å². The SMILES string of the molecule is COCCSc1cc(N)nc(COC)n1. The second kappa shape index (κ2) is 6.60. The van der Waals surface area contributed by atoms with E-state index in [-0.39, 0.29) is 0 Å². The first-order chi connectivity index (χ1) is 7.26. The van der Waals surface area contributed by atoms with Gasteiger partial charge in [0.15, 0.2) is 5.82 Å². The third-order valence-electron chi connectivity index (χ3n) is 1.58. The Morgan fingerprint density at radius 2 is 2.13 bits per heavy atom. The summed E-state index contributed by atoms with van der Waals surface area (Å²) in [4.78, 5) is 8.34. The van der Waals surface area contributed by atoms with Crippen LogP contribution in [0.25, 0.3) is 0 Å². The van der Waals surface area contributed by atoms with Crippen molar-refractivity contribution in [3.8, 4) is 0 Å². The molecule has 0 bridgehead atoms. The summed E-state index contributed by atoms with van der Waals surface area (Å²) >= 11 is 1.59. The van der Waals surface area contributed by atoms with E-state index in [1.54, 1.807) is 32.0 Å². The van der Waals surface area contributed by atoms with Crippen LogP contribution >= 0.6 is 11.8 Å². The van der Waals surface area contributed by atoms with Crippen molar-refractivity contribution in [1.82, 2.24) is 9.97 Å². The van der Waals surface area contributed by atoms with E-state index in [4.69, 9.17) is 15.2 Å². The van der Waals surface area contributed by atoms with Crippen LogP contribution in [-0.4, -0.2) is 36.5 Å². The molecule has 0 saturated carbocycles. The van der Waals surface area contributed by atoms with E-state index >= 15 is 0 Å². The van der Waals surface area contributed by atoms with Crippen molar-refractivity contribution in [3.05, 3.63) is 11.9 Å². The molecule has 0 aliphatic carbocycles. The van der Waals surface area contributed by atoms with Crippen LogP contribution in [0.2, 0.25) is 0 Å². The molecule has 84 valence electrons. The summed E-state index contributed by atoms with van der Waals surface area (Å²) in [6, 6.07) is 1.75. The lowest BCUT2D eigenvalue weighted by Crippen LogP contribution is -2.02. The first kappa shape index (κ1) is 12.2. The molecule has 0 unspecified atom stereocenters. The molecule has 0 fully saturated rings. The van der Waals surface area contributed by atoms with Gasteiger partial charge < -0.3 is 15.2 Å². The molecule has 15 heavy (non-hydrogen) atoms. The highest BCUT2D eigenvalue weighted by molar-refractivity contribution is 7.99. The highest BCUT2D eigenvalue weighted by Gasteiger charge is 2.02. The molecule has 0 atom stereocenters. The molecule has 0 saturated heterocycles. The summed E-state index contributed by atoms with van der Waals surface area (Å²) < 4.78 is 9.90. The van der Waals surface area contributed by atoms with Gasteiger partial charge in [-0.05, 0) is 0 Å². The van der Waals surface area contributed by atoms with E-state index in [9.17, 15) is 0 Å². The van der Waals surface area contributed by atoms with Crippen LogP contribution < -0.4 is 5.73 Å². The molecule has 0 spiro atoms. The van der Waals surface area contributed by atoms with Crippen LogP contribution in [0.1, 0.15) is 5.82 Å². The average molecular weight is 229 g/mol. The lowest BCUT2D eigenvalue weighted by Gasteiger charge is -2.04. The third-order valence-corrected chi connectivity index (χ3v) is 2.46. The predicted octanol–water partition coefficient (Wildman–Crippen LogP) is 0.944. The van der Waals surface area contributed by atoms with Crippen LogP contribution in [0.5, 0.6) is 0 Å². The number of nitrogen functional groups attached to an aromatic ring is 1. The van der Waals surface area contributed by atoms with Gasteiger partial charge in [-0.2, -0.15) is 0 Å². The van der Waals surface area contributed by atoms with Gasteiger partial charge in [0, 0.05) is 26.0 Å². The molecule has 1 rings (SSSR count). The minimum absolute atomic E-state index is 0.378. The maximum Gasteiger partial charge on any atom is 0.157 e. The van der Waals surface area contributed by atoms with Gasteiger partial charge in [0.2, 0.25) is 0 Å². The Morgan fingerprint density at radius 3 is 2.80 bits per heavy atom. The number of ether oxygens (including phenoxy) is 2. The molecule has 0 radical (unpaired) electrons. The minimum Gasteiger partial charge on any atom is -0.384 e. The number of nitrogens with two attached hydrogens (primary N) is 1. The lowest BCUT2D eigenvalue weighted by molar-refractivity contribution is 0.177. The van der Waals surface area contributed by atoms with Crippen molar-refractivity contribution in [1.29, 1.82) is 0 Å². The number of thioether (sulfide) groups is 1. The number of methoxy groups -OCH3 is 2. The van der Waals surface area contributed by atoms with Crippen molar-refractivity contribution in [2.45, 2.75) is 11.6 Å². The summed E-state index contributed by atoms with van der Waals surface area (Å²) in [5, 5.41) is 0.853. The van der Waals surface area contributed by atoms with Crippen LogP contribution in [-0.2, 0) is 16.1 Å². The van der Waals surface area contributed by atoms with Crippen LogP contribution in [0.4, 0.5) is 5.82 Å². The van der Waals surface area contributed by atoms with Gasteiger partial charge in [-0.15, -0.1) is 11.8 Å². The second-order valence-electron chi connectivity index (χ2n) is 2.82. The van der Waals surface area contributed by atoms with Crippen molar-refractivity contribution >= 4 is 17.6 Å². The highest BCUT2D eigenvalue weighted by atomic mass is 32.2. The number of rotatable bonds is 6. The Morgan fingerprint density at radius 1 is 1.33 bits per heavy atom. The monoisotopic (exact) mass is 229 g/mol. The molecule has 0 amide bonds. The molecular formula is C9H15N3O2S. The minimum atomic E-state index is 0.378.